The first-order chi connectivity index (χ1) is 5.93. The number of pyridine rings is 1. The molecule has 0 bridgehead atoms. The molecule has 0 aliphatic rings. The van der Waals surface area contributed by atoms with Crippen LogP contribution in [0.3, 0.4) is 0 Å². The number of aromatic nitrogens is 1. The van der Waals surface area contributed by atoms with Crippen LogP contribution in [0.4, 0.5) is 0 Å². The first-order valence-electron chi connectivity index (χ1n) is 3.92. The van der Waals surface area contributed by atoms with E-state index in [1.165, 1.54) is 5.56 Å². The number of hydrogen-bond acceptors (Lipinski definition) is 2. The molecule has 0 aromatic carbocycles. The summed E-state index contributed by atoms with van der Waals surface area (Å²) in [6.07, 6.45) is 3.63. The van der Waals surface area contributed by atoms with E-state index >= 15 is 0 Å². The van der Waals surface area contributed by atoms with Crippen LogP contribution in [-0.4, -0.2) is 11.5 Å². The highest BCUT2D eigenvalue weighted by Gasteiger charge is 1.87. The van der Waals surface area contributed by atoms with Gasteiger partial charge in [-0.2, -0.15) is 0 Å². The Balaban J connectivity index is 2.27. The Morgan fingerprint density at radius 2 is 2.50 bits per heavy atom. The minimum Gasteiger partial charge on any atom is -0.302 e. The summed E-state index contributed by atoms with van der Waals surface area (Å²) in [5, 5.41) is 3.19. The zero-order chi connectivity index (χ0) is 8.65. The highest BCUT2D eigenvalue weighted by Crippen LogP contribution is 1.93. The maximum atomic E-state index is 4.01. The lowest BCUT2D eigenvalue weighted by Crippen LogP contribution is -2.13. The SMILES string of the molecule is CC#CCNCc1cccnc1. The lowest BCUT2D eigenvalue weighted by Gasteiger charge is -1.98. The van der Waals surface area contributed by atoms with Crippen molar-refractivity contribution in [2.24, 2.45) is 0 Å². The van der Waals surface area contributed by atoms with E-state index in [4.69, 9.17) is 0 Å². The standard InChI is InChI=1S/C10H12N2/c1-2-3-6-11-8-10-5-4-7-12-9-10/h4-5,7,9,11H,6,8H2,1H3. The van der Waals surface area contributed by atoms with Gasteiger partial charge in [0, 0.05) is 18.9 Å². The van der Waals surface area contributed by atoms with Crippen molar-refractivity contribution in [3.05, 3.63) is 30.1 Å². The third-order valence-corrected chi connectivity index (χ3v) is 1.44. The van der Waals surface area contributed by atoms with Crippen molar-refractivity contribution < 1.29 is 0 Å². The second-order valence-electron chi connectivity index (χ2n) is 2.39. The number of nitrogens with one attached hydrogen (secondary N) is 1. The Morgan fingerprint density at radius 1 is 1.58 bits per heavy atom. The van der Waals surface area contributed by atoms with Crippen LogP contribution >= 0.6 is 0 Å². The Kier molecular flexibility index (Phi) is 3.90. The molecule has 2 heteroatoms. The molecule has 0 unspecified atom stereocenters. The third kappa shape index (κ3) is 3.18. The molecule has 0 aliphatic carbocycles. The lowest BCUT2D eigenvalue weighted by atomic mass is 10.3. The van der Waals surface area contributed by atoms with E-state index in [0.717, 1.165) is 13.1 Å². The van der Waals surface area contributed by atoms with E-state index in [1.54, 1.807) is 6.20 Å². The van der Waals surface area contributed by atoms with E-state index in [1.807, 2.05) is 25.3 Å². The van der Waals surface area contributed by atoms with Crippen molar-refractivity contribution in [2.75, 3.05) is 6.54 Å². The maximum absolute atomic E-state index is 4.01. The van der Waals surface area contributed by atoms with Crippen molar-refractivity contribution in [3.63, 3.8) is 0 Å². The Bertz CT molecular complexity index is 269. The van der Waals surface area contributed by atoms with Gasteiger partial charge in [0.2, 0.25) is 0 Å². The minimum absolute atomic E-state index is 0.741. The van der Waals surface area contributed by atoms with Gasteiger partial charge in [-0.3, -0.25) is 4.98 Å². The fraction of sp³-hybridized carbons (Fsp3) is 0.300. The molecule has 0 spiro atoms. The molecule has 1 rings (SSSR count). The maximum Gasteiger partial charge on any atom is 0.0579 e. The van der Waals surface area contributed by atoms with Crippen LogP contribution in [-0.2, 0) is 6.54 Å². The van der Waals surface area contributed by atoms with Gasteiger partial charge < -0.3 is 5.32 Å². The van der Waals surface area contributed by atoms with Gasteiger partial charge in [-0.25, -0.2) is 0 Å². The molecule has 2 nitrogen and oxygen atoms in total. The second kappa shape index (κ2) is 5.34. The first-order valence-corrected chi connectivity index (χ1v) is 3.92. The van der Waals surface area contributed by atoms with E-state index in [0.29, 0.717) is 0 Å². The molecule has 1 aromatic heterocycles. The van der Waals surface area contributed by atoms with Crippen molar-refractivity contribution in [3.8, 4) is 11.8 Å². The zero-order valence-corrected chi connectivity index (χ0v) is 7.17. The molecule has 62 valence electrons. The molecule has 0 aliphatic heterocycles. The van der Waals surface area contributed by atoms with E-state index in [9.17, 15) is 0 Å². The summed E-state index contributed by atoms with van der Waals surface area (Å²) in [6.45, 7) is 3.42. The van der Waals surface area contributed by atoms with Gasteiger partial charge in [0.05, 0.1) is 6.54 Å². The van der Waals surface area contributed by atoms with Crippen LogP contribution in [0.15, 0.2) is 24.5 Å². The lowest BCUT2D eigenvalue weighted by molar-refractivity contribution is 0.766. The van der Waals surface area contributed by atoms with Gasteiger partial charge in [-0.15, -0.1) is 5.92 Å². The predicted molar refractivity (Wildman–Crippen MR) is 49.4 cm³/mol. The van der Waals surface area contributed by atoms with Gasteiger partial charge in [0.1, 0.15) is 0 Å². The Morgan fingerprint density at radius 3 is 3.17 bits per heavy atom. The molecule has 0 fully saturated rings. The minimum atomic E-state index is 0.741. The molecular formula is C10H12N2. The second-order valence-corrected chi connectivity index (χ2v) is 2.39. The molecule has 0 radical (unpaired) electrons. The molecule has 0 amide bonds. The average molecular weight is 160 g/mol. The van der Waals surface area contributed by atoms with Crippen LogP contribution in [0.25, 0.3) is 0 Å². The fourth-order valence-electron chi connectivity index (χ4n) is 0.860. The first kappa shape index (κ1) is 8.76. The molecule has 1 heterocycles. The highest BCUT2D eigenvalue weighted by molar-refractivity contribution is 5.08. The number of rotatable bonds is 3. The van der Waals surface area contributed by atoms with Crippen molar-refractivity contribution >= 4 is 0 Å². The molecule has 0 saturated carbocycles. The molecule has 0 saturated heterocycles. The smallest absolute Gasteiger partial charge is 0.0579 e. The molecule has 1 N–H and O–H groups in total. The summed E-state index contributed by atoms with van der Waals surface area (Å²) in [5.41, 5.74) is 1.19. The molecule has 1 aromatic rings. The van der Waals surface area contributed by atoms with E-state index in [2.05, 4.69) is 22.1 Å². The molecule has 0 atom stereocenters. The van der Waals surface area contributed by atoms with Crippen LogP contribution in [0.1, 0.15) is 12.5 Å². The normalized spacial score (nSPS) is 8.75. The summed E-state index contributed by atoms with van der Waals surface area (Å²) in [4.78, 5) is 4.01. The van der Waals surface area contributed by atoms with Gasteiger partial charge in [0.25, 0.3) is 0 Å². The number of hydrogen-bond donors (Lipinski definition) is 1. The van der Waals surface area contributed by atoms with Crippen molar-refractivity contribution in [1.29, 1.82) is 0 Å². The van der Waals surface area contributed by atoms with Gasteiger partial charge in [-0.1, -0.05) is 12.0 Å². The third-order valence-electron chi connectivity index (χ3n) is 1.44. The summed E-state index contributed by atoms with van der Waals surface area (Å²) in [7, 11) is 0. The summed E-state index contributed by atoms with van der Waals surface area (Å²) >= 11 is 0. The largest absolute Gasteiger partial charge is 0.302 e. The average Bonchev–Trinajstić information content (AvgIpc) is 2.14. The summed E-state index contributed by atoms with van der Waals surface area (Å²) in [5.74, 6) is 5.76. The van der Waals surface area contributed by atoms with Crippen LogP contribution < -0.4 is 5.32 Å². The van der Waals surface area contributed by atoms with Gasteiger partial charge in [-0.05, 0) is 18.6 Å². The molecular weight excluding hydrogens is 148 g/mol. The Hall–Kier alpha value is -1.33. The van der Waals surface area contributed by atoms with Gasteiger partial charge >= 0.3 is 0 Å². The van der Waals surface area contributed by atoms with Crippen LogP contribution in [0.2, 0.25) is 0 Å². The van der Waals surface area contributed by atoms with Crippen molar-refractivity contribution in [2.45, 2.75) is 13.5 Å². The zero-order valence-electron chi connectivity index (χ0n) is 7.17. The van der Waals surface area contributed by atoms with Crippen LogP contribution in [0.5, 0.6) is 0 Å². The van der Waals surface area contributed by atoms with E-state index < -0.39 is 0 Å². The van der Waals surface area contributed by atoms with E-state index in [-0.39, 0.29) is 0 Å². The van der Waals surface area contributed by atoms with Crippen molar-refractivity contribution in [1.82, 2.24) is 10.3 Å². The summed E-state index contributed by atoms with van der Waals surface area (Å²) < 4.78 is 0. The quantitative estimate of drug-likeness (QED) is 0.530. The monoisotopic (exact) mass is 160 g/mol. The highest BCUT2D eigenvalue weighted by atomic mass is 14.8. The molecule has 12 heavy (non-hydrogen) atoms. The number of nitrogens with zero attached hydrogens (tertiary/aromatic N) is 1. The topological polar surface area (TPSA) is 24.9 Å². The van der Waals surface area contributed by atoms with Gasteiger partial charge in [0.15, 0.2) is 0 Å². The van der Waals surface area contributed by atoms with Crippen LogP contribution in [0, 0.1) is 11.8 Å². The summed E-state index contributed by atoms with van der Waals surface area (Å²) in [6, 6.07) is 3.97. The predicted octanol–water partition coefficient (Wildman–Crippen LogP) is 1.19. The Labute approximate surface area is 73.0 Å². The fourth-order valence-corrected chi connectivity index (χ4v) is 0.860.